The van der Waals surface area contributed by atoms with E-state index in [0.717, 1.165) is 21.8 Å². The minimum Gasteiger partial charge on any atom is -0.507 e. The highest BCUT2D eigenvalue weighted by Gasteiger charge is 2.49. The van der Waals surface area contributed by atoms with Crippen molar-refractivity contribution in [3.05, 3.63) is 75.7 Å². The Kier molecular flexibility index (Phi) is 5.20. The van der Waals surface area contributed by atoms with Crippen molar-refractivity contribution in [3.8, 4) is 0 Å². The number of Topliss-reactive ketones (excluding diaryl/α,β-unsaturated/α-hetero) is 1. The van der Waals surface area contributed by atoms with Gasteiger partial charge in [0.1, 0.15) is 22.4 Å². The van der Waals surface area contributed by atoms with Gasteiger partial charge in [0.2, 0.25) is 0 Å². The average Bonchev–Trinajstić information content (AvgIpc) is 3.47. The monoisotopic (exact) mass is 438 g/mol. The van der Waals surface area contributed by atoms with Crippen LogP contribution in [0.3, 0.4) is 0 Å². The number of aryl methyl sites for hydroxylation is 2. The molecule has 1 amide bonds. The molecule has 1 fully saturated rings. The summed E-state index contributed by atoms with van der Waals surface area (Å²) in [7, 11) is 1.25. The highest BCUT2D eigenvalue weighted by Crippen LogP contribution is 2.44. The van der Waals surface area contributed by atoms with Gasteiger partial charge in [-0.2, -0.15) is 0 Å². The molecule has 1 unspecified atom stereocenters. The molecule has 1 aliphatic heterocycles. The smallest absolute Gasteiger partial charge is 0.350 e. The summed E-state index contributed by atoms with van der Waals surface area (Å²) in [6.45, 7) is 3.51. The fourth-order valence-electron chi connectivity index (χ4n) is 3.38. The molecule has 8 nitrogen and oxygen atoms in total. The van der Waals surface area contributed by atoms with Crippen LogP contribution in [0.5, 0.6) is 0 Å². The molecule has 1 aromatic carbocycles. The predicted octanol–water partition coefficient (Wildman–Crippen LogP) is 3.77. The van der Waals surface area contributed by atoms with Gasteiger partial charge in [0.25, 0.3) is 5.78 Å². The Morgan fingerprint density at radius 2 is 1.90 bits per heavy atom. The Morgan fingerprint density at radius 1 is 1.19 bits per heavy atom. The number of thiazole rings is 1. The number of carbonyl (C=O) groups excluding carboxylic acids is 3. The van der Waals surface area contributed by atoms with Gasteiger partial charge >= 0.3 is 11.9 Å². The summed E-state index contributed by atoms with van der Waals surface area (Å²) in [5.74, 6) is -2.37. The van der Waals surface area contributed by atoms with Gasteiger partial charge in [0.15, 0.2) is 5.13 Å². The lowest BCUT2D eigenvalue weighted by atomic mass is 9.99. The van der Waals surface area contributed by atoms with E-state index in [1.807, 2.05) is 6.92 Å². The number of carbonyl (C=O) groups is 3. The molecule has 0 radical (unpaired) electrons. The first-order valence-corrected chi connectivity index (χ1v) is 10.1. The molecule has 31 heavy (non-hydrogen) atoms. The first-order chi connectivity index (χ1) is 14.8. The molecule has 3 aromatic rings. The van der Waals surface area contributed by atoms with Gasteiger partial charge in [-0.1, -0.05) is 41.2 Å². The lowest BCUT2D eigenvalue weighted by Gasteiger charge is -2.20. The second kappa shape index (κ2) is 7.84. The lowest BCUT2D eigenvalue weighted by Crippen LogP contribution is -2.29. The number of hydrogen-bond donors (Lipinski definition) is 1. The molecular weight excluding hydrogens is 420 g/mol. The molecule has 1 aliphatic rings. The van der Waals surface area contributed by atoms with Gasteiger partial charge in [-0.15, -0.1) is 0 Å². The summed E-state index contributed by atoms with van der Waals surface area (Å²) in [6.07, 6.45) is 1.41. The van der Waals surface area contributed by atoms with Crippen LogP contribution in [0.15, 0.2) is 52.7 Å². The number of benzene rings is 1. The Bertz CT molecular complexity index is 1210. The summed E-state index contributed by atoms with van der Waals surface area (Å²) in [6, 6.07) is 9.11. The molecule has 4 rings (SSSR count). The fraction of sp³-hybridized carbons (Fsp3) is 0.182. The summed E-state index contributed by atoms with van der Waals surface area (Å²) < 4.78 is 10.3. The number of nitrogens with zero attached hydrogens (tertiary/aromatic N) is 2. The summed E-state index contributed by atoms with van der Waals surface area (Å²) in [4.78, 5) is 43.7. The van der Waals surface area contributed by atoms with E-state index in [9.17, 15) is 19.5 Å². The minimum absolute atomic E-state index is 0.115. The molecule has 1 N–H and O–H groups in total. The van der Waals surface area contributed by atoms with Crippen LogP contribution in [0.4, 0.5) is 5.13 Å². The number of ketones is 1. The van der Waals surface area contributed by atoms with E-state index in [1.165, 1.54) is 13.4 Å². The van der Waals surface area contributed by atoms with Gasteiger partial charge in [-0.05, 0) is 26.0 Å². The van der Waals surface area contributed by atoms with Crippen LogP contribution in [0.1, 0.15) is 38.3 Å². The van der Waals surface area contributed by atoms with Crippen molar-refractivity contribution >= 4 is 39.9 Å². The number of esters is 1. The van der Waals surface area contributed by atoms with Crippen LogP contribution >= 0.6 is 11.3 Å². The Labute approximate surface area is 181 Å². The van der Waals surface area contributed by atoms with Crippen LogP contribution in [-0.4, -0.2) is 34.9 Å². The van der Waals surface area contributed by atoms with Crippen molar-refractivity contribution in [2.24, 2.45) is 0 Å². The number of anilines is 1. The number of methoxy groups -OCH3 is 1. The Hall–Kier alpha value is -3.72. The van der Waals surface area contributed by atoms with Crippen molar-refractivity contribution in [2.75, 3.05) is 12.0 Å². The van der Waals surface area contributed by atoms with Crippen molar-refractivity contribution in [3.63, 3.8) is 0 Å². The van der Waals surface area contributed by atoms with Crippen LogP contribution in [0.25, 0.3) is 5.76 Å². The molecule has 0 saturated carbocycles. The van der Waals surface area contributed by atoms with Gasteiger partial charge in [0, 0.05) is 5.56 Å². The largest absolute Gasteiger partial charge is 0.507 e. The highest BCUT2D eigenvalue weighted by atomic mass is 32.1. The van der Waals surface area contributed by atoms with E-state index in [2.05, 4.69) is 4.98 Å². The third-order valence-electron chi connectivity index (χ3n) is 4.94. The normalized spacial score (nSPS) is 17.9. The number of amides is 1. The molecule has 0 aliphatic carbocycles. The molecular formula is C22H18N2O6S. The zero-order valence-electron chi connectivity index (χ0n) is 16.9. The van der Waals surface area contributed by atoms with Gasteiger partial charge in [-0.25, -0.2) is 9.78 Å². The van der Waals surface area contributed by atoms with Crippen LogP contribution in [0, 0.1) is 13.8 Å². The second-order valence-electron chi connectivity index (χ2n) is 6.95. The fourth-order valence-corrected chi connectivity index (χ4v) is 4.39. The number of aliphatic hydroxyl groups is 1. The van der Waals surface area contributed by atoms with Gasteiger partial charge in [-0.3, -0.25) is 14.5 Å². The molecule has 2 aromatic heterocycles. The third kappa shape index (κ3) is 3.42. The Morgan fingerprint density at radius 3 is 2.52 bits per heavy atom. The number of rotatable bonds is 4. The van der Waals surface area contributed by atoms with Crippen molar-refractivity contribution < 1.29 is 28.6 Å². The van der Waals surface area contributed by atoms with Crippen molar-refractivity contribution in [1.82, 2.24) is 4.98 Å². The van der Waals surface area contributed by atoms with E-state index < -0.39 is 23.7 Å². The number of furan rings is 1. The van der Waals surface area contributed by atoms with Crippen LogP contribution in [-0.2, 0) is 14.3 Å². The zero-order chi connectivity index (χ0) is 22.3. The number of ether oxygens (including phenoxy) is 1. The molecule has 1 saturated heterocycles. The molecule has 3 heterocycles. The number of aliphatic hydroxyl groups excluding tert-OH is 1. The van der Waals surface area contributed by atoms with Crippen LogP contribution < -0.4 is 4.90 Å². The molecule has 158 valence electrons. The van der Waals surface area contributed by atoms with E-state index in [-0.39, 0.29) is 27.1 Å². The first-order valence-electron chi connectivity index (χ1n) is 9.30. The second-order valence-corrected chi connectivity index (χ2v) is 7.93. The van der Waals surface area contributed by atoms with Crippen molar-refractivity contribution in [1.29, 1.82) is 0 Å². The van der Waals surface area contributed by atoms with Crippen LogP contribution in [0.2, 0.25) is 0 Å². The minimum atomic E-state index is -1.03. The topological polar surface area (TPSA) is 110 Å². The molecule has 0 spiro atoms. The average molecular weight is 438 g/mol. The van der Waals surface area contributed by atoms with E-state index in [4.69, 9.17) is 9.15 Å². The van der Waals surface area contributed by atoms with Gasteiger partial charge < -0.3 is 14.3 Å². The molecule has 9 heteroatoms. The SMILES string of the molecule is COC(=O)c1sc(N2C(=O)C(=O)/C(=C(\O)c3ccc(C)cc3)C2c2ccco2)nc1C. The summed E-state index contributed by atoms with van der Waals surface area (Å²) in [5.41, 5.74) is 1.63. The molecule has 1 atom stereocenters. The number of hydrogen-bond acceptors (Lipinski definition) is 8. The maximum absolute atomic E-state index is 13.0. The highest BCUT2D eigenvalue weighted by molar-refractivity contribution is 7.17. The predicted molar refractivity (Wildman–Crippen MR) is 113 cm³/mol. The quantitative estimate of drug-likeness (QED) is 0.286. The third-order valence-corrected chi connectivity index (χ3v) is 6.08. The van der Waals surface area contributed by atoms with Crippen molar-refractivity contribution in [2.45, 2.75) is 19.9 Å². The lowest BCUT2D eigenvalue weighted by molar-refractivity contribution is -0.132. The number of aromatic nitrogens is 1. The summed E-state index contributed by atoms with van der Waals surface area (Å²) >= 11 is 0.929. The zero-order valence-corrected chi connectivity index (χ0v) is 17.7. The Balaban J connectivity index is 1.90. The first kappa shape index (κ1) is 20.5. The standard InChI is InChI=1S/C22H18N2O6S/c1-11-6-8-13(9-7-11)17(25)15-16(14-5-4-10-30-14)24(20(27)18(15)26)22-23-12(2)19(31-22)21(28)29-3/h4-10,16,25H,1-3H3/b17-15-. The van der Waals surface area contributed by atoms with Gasteiger partial charge in [0.05, 0.1) is 24.6 Å². The van der Waals surface area contributed by atoms with E-state index in [1.54, 1.807) is 43.3 Å². The van der Waals surface area contributed by atoms with E-state index >= 15 is 0 Å². The summed E-state index contributed by atoms with van der Waals surface area (Å²) in [5, 5.41) is 11.1. The van der Waals surface area contributed by atoms with E-state index in [0.29, 0.717) is 11.3 Å². The maximum atomic E-state index is 13.0. The maximum Gasteiger partial charge on any atom is 0.350 e. The molecule has 0 bridgehead atoms.